The maximum Gasteiger partial charge on any atom is 0.231 e. The summed E-state index contributed by atoms with van der Waals surface area (Å²) in [5, 5.41) is 14.2. The van der Waals surface area contributed by atoms with Gasteiger partial charge in [0.2, 0.25) is 5.95 Å². The van der Waals surface area contributed by atoms with E-state index in [1.807, 2.05) is 6.07 Å². The average Bonchev–Trinajstić information content (AvgIpc) is 3.71. The summed E-state index contributed by atoms with van der Waals surface area (Å²) >= 11 is 0. The molecule has 6 rings (SSSR count). The summed E-state index contributed by atoms with van der Waals surface area (Å²) in [6.07, 6.45) is 2.53. The fraction of sp³-hybridized carbons (Fsp3) is 0.448. The van der Waals surface area contributed by atoms with Crippen molar-refractivity contribution in [3.05, 3.63) is 53.6 Å². The van der Waals surface area contributed by atoms with Gasteiger partial charge >= 0.3 is 0 Å². The molecule has 200 valence electrons. The first-order valence-corrected chi connectivity index (χ1v) is 13.5. The van der Waals surface area contributed by atoms with Gasteiger partial charge in [0.15, 0.2) is 0 Å². The molecule has 38 heavy (non-hydrogen) atoms. The summed E-state index contributed by atoms with van der Waals surface area (Å²) in [6.45, 7) is 9.31. The van der Waals surface area contributed by atoms with Gasteiger partial charge in [-0.1, -0.05) is 32.0 Å². The smallest absolute Gasteiger partial charge is 0.231 e. The monoisotopic (exact) mass is 515 g/mol. The van der Waals surface area contributed by atoms with Crippen molar-refractivity contribution in [2.45, 2.75) is 44.7 Å². The number of morpholine rings is 1. The zero-order chi connectivity index (χ0) is 26.1. The highest BCUT2D eigenvalue weighted by molar-refractivity contribution is 5.75. The summed E-state index contributed by atoms with van der Waals surface area (Å²) in [5.74, 6) is 2.93. The highest BCUT2D eigenvalue weighted by Gasteiger charge is 2.35. The van der Waals surface area contributed by atoms with Gasteiger partial charge in [-0.2, -0.15) is 9.97 Å². The van der Waals surface area contributed by atoms with Crippen molar-refractivity contribution < 1.29 is 9.47 Å². The molecular weight excluding hydrogens is 478 g/mol. The molecule has 9 nitrogen and oxygen atoms in total. The highest BCUT2D eigenvalue weighted by Crippen LogP contribution is 2.42. The lowest BCUT2D eigenvalue weighted by Crippen LogP contribution is -2.36. The van der Waals surface area contributed by atoms with Crippen molar-refractivity contribution in [1.82, 2.24) is 15.3 Å². The minimum atomic E-state index is -0.102. The van der Waals surface area contributed by atoms with Crippen LogP contribution in [0.5, 0.6) is 5.75 Å². The first-order chi connectivity index (χ1) is 18.5. The molecule has 3 aliphatic rings. The number of hydrogen-bond acceptors (Lipinski definition) is 9. The Morgan fingerprint density at radius 3 is 2.66 bits per heavy atom. The summed E-state index contributed by atoms with van der Waals surface area (Å²) in [7, 11) is 1.69. The van der Waals surface area contributed by atoms with Crippen molar-refractivity contribution in [3.63, 3.8) is 0 Å². The molecule has 4 N–H and O–H groups in total. The van der Waals surface area contributed by atoms with Gasteiger partial charge in [-0.3, -0.25) is 0 Å². The molecule has 2 aliphatic heterocycles. The van der Waals surface area contributed by atoms with Crippen molar-refractivity contribution in [3.8, 4) is 5.75 Å². The fourth-order valence-corrected chi connectivity index (χ4v) is 5.16. The van der Waals surface area contributed by atoms with Crippen LogP contribution in [-0.4, -0.2) is 56.0 Å². The molecule has 0 atom stereocenters. The summed E-state index contributed by atoms with van der Waals surface area (Å²) in [6, 6.07) is 15.3. The predicted octanol–water partition coefficient (Wildman–Crippen LogP) is 4.76. The van der Waals surface area contributed by atoms with E-state index in [4.69, 9.17) is 19.4 Å². The quantitative estimate of drug-likeness (QED) is 0.322. The van der Waals surface area contributed by atoms with Crippen LogP contribution in [0.4, 0.5) is 34.6 Å². The summed E-state index contributed by atoms with van der Waals surface area (Å²) < 4.78 is 11.3. The Kier molecular flexibility index (Phi) is 6.71. The normalized spacial score (nSPS) is 18.0. The molecule has 2 aromatic carbocycles. The maximum absolute atomic E-state index is 5.75. The molecule has 1 aliphatic carbocycles. The van der Waals surface area contributed by atoms with Crippen molar-refractivity contribution in [2.24, 2.45) is 0 Å². The van der Waals surface area contributed by atoms with E-state index >= 15 is 0 Å². The topological polar surface area (TPSA) is 95.6 Å². The van der Waals surface area contributed by atoms with E-state index in [2.05, 4.69) is 76.4 Å². The second kappa shape index (κ2) is 10.3. The number of nitrogens with one attached hydrogen (secondary N) is 4. The second-order valence-corrected chi connectivity index (χ2v) is 10.9. The van der Waals surface area contributed by atoms with Crippen LogP contribution in [0.2, 0.25) is 0 Å². The van der Waals surface area contributed by atoms with Crippen LogP contribution < -0.4 is 30.9 Å². The van der Waals surface area contributed by atoms with E-state index in [0.29, 0.717) is 12.0 Å². The number of methoxy groups -OCH3 is 1. The van der Waals surface area contributed by atoms with Crippen LogP contribution in [0.1, 0.15) is 37.8 Å². The van der Waals surface area contributed by atoms with Crippen LogP contribution in [0.25, 0.3) is 0 Å². The summed E-state index contributed by atoms with van der Waals surface area (Å²) in [4.78, 5) is 12.2. The number of ether oxygens (including phenoxy) is 2. The number of anilines is 6. The van der Waals surface area contributed by atoms with Gasteiger partial charge < -0.3 is 35.6 Å². The average molecular weight is 516 g/mol. The molecule has 1 aromatic heterocycles. The van der Waals surface area contributed by atoms with Crippen LogP contribution >= 0.6 is 0 Å². The minimum Gasteiger partial charge on any atom is -0.494 e. The number of para-hydroxylation sites is 1. The Morgan fingerprint density at radius 1 is 1.05 bits per heavy atom. The number of hydrogen-bond donors (Lipinski definition) is 4. The van der Waals surface area contributed by atoms with Gasteiger partial charge in [0.25, 0.3) is 0 Å². The molecule has 3 aromatic rings. The van der Waals surface area contributed by atoms with E-state index in [1.54, 1.807) is 7.11 Å². The van der Waals surface area contributed by atoms with E-state index < -0.39 is 0 Å². The molecule has 1 saturated carbocycles. The lowest BCUT2D eigenvalue weighted by atomic mass is 9.88. The van der Waals surface area contributed by atoms with Gasteiger partial charge in [0.1, 0.15) is 17.4 Å². The van der Waals surface area contributed by atoms with Crippen molar-refractivity contribution in [1.29, 1.82) is 0 Å². The fourth-order valence-electron chi connectivity index (χ4n) is 5.16. The molecule has 0 spiro atoms. The lowest BCUT2D eigenvalue weighted by molar-refractivity contribution is 0.122. The SMILES string of the molecule is COc1cc(N2CCOCC2)ccc1Nc1nc2c(c(Nc3ccccc3CNC3CC3)n1)C(C)(C)CN2. The van der Waals surface area contributed by atoms with Gasteiger partial charge in [-0.25, -0.2) is 0 Å². The van der Waals surface area contributed by atoms with Crippen molar-refractivity contribution >= 4 is 34.6 Å². The molecule has 3 heterocycles. The van der Waals surface area contributed by atoms with E-state index in [1.165, 1.54) is 18.4 Å². The van der Waals surface area contributed by atoms with Crippen LogP contribution in [-0.2, 0) is 16.7 Å². The van der Waals surface area contributed by atoms with Gasteiger partial charge in [-0.15, -0.1) is 0 Å². The molecule has 0 unspecified atom stereocenters. The van der Waals surface area contributed by atoms with E-state index in [0.717, 1.165) is 79.4 Å². The third-order valence-electron chi connectivity index (χ3n) is 7.52. The van der Waals surface area contributed by atoms with Crippen LogP contribution in [0.3, 0.4) is 0 Å². The van der Waals surface area contributed by atoms with E-state index in [9.17, 15) is 0 Å². The number of aromatic nitrogens is 2. The number of fused-ring (bicyclic) bond motifs is 1. The Bertz CT molecular complexity index is 1300. The number of nitrogens with zero attached hydrogens (tertiary/aromatic N) is 3. The predicted molar refractivity (Wildman–Crippen MR) is 152 cm³/mol. The second-order valence-electron chi connectivity index (χ2n) is 10.9. The molecule has 9 heteroatoms. The van der Waals surface area contributed by atoms with E-state index in [-0.39, 0.29) is 5.41 Å². The third-order valence-corrected chi connectivity index (χ3v) is 7.52. The van der Waals surface area contributed by atoms with Gasteiger partial charge in [-0.05, 0) is 36.6 Å². The maximum atomic E-state index is 5.75. The van der Waals surface area contributed by atoms with Gasteiger partial charge in [0, 0.05) is 60.6 Å². The molecule has 2 fully saturated rings. The van der Waals surface area contributed by atoms with Gasteiger partial charge in [0.05, 0.1) is 26.0 Å². The Labute approximate surface area is 224 Å². The molecular formula is C29H37N7O2. The molecule has 0 amide bonds. The Hall–Kier alpha value is -3.56. The zero-order valence-corrected chi connectivity index (χ0v) is 22.4. The first kappa shape index (κ1) is 24.8. The minimum absolute atomic E-state index is 0.102. The van der Waals surface area contributed by atoms with Crippen molar-refractivity contribution in [2.75, 3.05) is 60.8 Å². The largest absolute Gasteiger partial charge is 0.494 e. The van der Waals surface area contributed by atoms with Crippen LogP contribution in [0, 0.1) is 0 Å². The number of benzene rings is 2. The zero-order valence-electron chi connectivity index (χ0n) is 22.4. The number of rotatable bonds is 9. The van der Waals surface area contributed by atoms with Crippen LogP contribution in [0.15, 0.2) is 42.5 Å². The molecule has 1 saturated heterocycles. The Balaban J connectivity index is 1.30. The lowest BCUT2D eigenvalue weighted by Gasteiger charge is -2.29. The highest BCUT2D eigenvalue weighted by atomic mass is 16.5. The standard InChI is InChI=1S/C29H37N7O2/c1-29(2)18-31-26-25(29)27(32-22-7-5-4-6-19(22)17-30-20-8-9-20)35-28(34-26)33-23-11-10-21(16-24(23)37-3)36-12-14-38-15-13-36/h4-7,10-11,16,20,30H,8-9,12-15,17-18H2,1-3H3,(H3,31,32,33,34,35). The third kappa shape index (κ3) is 5.21. The Morgan fingerprint density at radius 2 is 1.87 bits per heavy atom. The molecule has 0 bridgehead atoms. The first-order valence-electron chi connectivity index (χ1n) is 13.5. The molecule has 0 radical (unpaired) electrons. The summed E-state index contributed by atoms with van der Waals surface area (Å²) in [5.41, 5.74) is 5.22.